The van der Waals surface area contributed by atoms with Crippen LogP contribution in [-0.4, -0.2) is 18.1 Å². The van der Waals surface area contributed by atoms with Crippen LogP contribution in [0, 0.1) is 0 Å². The minimum Gasteiger partial charge on any atom is -0.381 e. The molecule has 0 amide bonds. The molecule has 1 saturated heterocycles. The standard InChI is InChI=1S/C15H19N3/c1-2-10-18(9-1)15-5-3-14(4-6-15)17-12-13-7-8-16-11-13/h3-8,11,16-17H,1-2,9-10,12H2. The highest BCUT2D eigenvalue weighted by molar-refractivity contribution is 5.55. The fraction of sp³-hybridized carbons (Fsp3) is 0.333. The summed E-state index contributed by atoms with van der Waals surface area (Å²) < 4.78 is 0. The molecule has 1 aliphatic heterocycles. The third-order valence-electron chi connectivity index (χ3n) is 3.50. The van der Waals surface area contributed by atoms with Gasteiger partial charge in [0.05, 0.1) is 0 Å². The molecule has 2 aromatic rings. The second-order valence-corrected chi connectivity index (χ2v) is 4.81. The maximum atomic E-state index is 3.43. The van der Waals surface area contributed by atoms with E-state index >= 15 is 0 Å². The maximum Gasteiger partial charge on any atom is 0.0415 e. The molecule has 1 aromatic heterocycles. The molecule has 0 spiro atoms. The van der Waals surface area contributed by atoms with Crippen LogP contribution in [0.1, 0.15) is 18.4 Å². The van der Waals surface area contributed by atoms with Gasteiger partial charge in [-0.3, -0.25) is 0 Å². The Bertz CT molecular complexity index is 467. The molecule has 2 N–H and O–H groups in total. The second-order valence-electron chi connectivity index (χ2n) is 4.81. The van der Waals surface area contributed by atoms with E-state index in [1.807, 2.05) is 12.4 Å². The van der Waals surface area contributed by atoms with E-state index in [0.717, 1.165) is 6.54 Å². The van der Waals surface area contributed by atoms with Crippen molar-refractivity contribution in [3.8, 4) is 0 Å². The summed E-state index contributed by atoms with van der Waals surface area (Å²) in [6.45, 7) is 3.28. The van der Waals surface area contributed by atoms with Crippen molar-refractivity contribution in [2.24, 2.45) is 0 Å². The summed E-state index contributed by atoms with van der Waals surface area (Å²) in [5.74, 6) is 0. The van der Waals surface area contributed by atoms with E-state index in [4.69, 9.17) is 0 Å². The SMILES string of the molecule is c1cc(CNc2ccc(N3CCCC3)cc2)c[nH]1. The maximum absolute atomic E-state index is 3.43. The predicted molar refractivity (Wildman–Crippen MR) is 76.0 cm³/mol. The van der Waals surface area contributed by atoms with E-state index in [9.17, 15) is 0 Å². The first-order chi connectivity index (χ1) is 8.92. The van der Waals surface area contributed by atoms with E-state index in [1.54, 1.807) is 0 Å². The lowest BCUT2D eigenvalue weighted by atomic mass is 10.2. The van der Waals surface area contributed by atoms with Crippen LogP contribution in [-0.2, 0) is 6.54 Å². The van der Waals surface area contributed by atoms with Gasteiger partial charge in [0.25, 0.3) is 0 Å². The second kappa shape index (κ2) is 5.17. The van der Waals surface area contributed by atoms with Crippen LogP contribution in [0.4, 0.5) is 11.4 Å². The Morgan fingerprint density at radius 2 is 1.83 bits per heavy atom. The quantitative estimate of drug-likeness (QED) is 0.861. The van der Waals surface area contributed by atoms with Gasteiger partial charge in [-0.2, -0.15) is 0 Å². The monoisotopic (exact) mass is 241 g/mol. The normalized spacial score (nSPS) is 15.0. The van der Waals surface area contributed by atoms with E-state index in [2.05, 4.69) is 45.5 Å². The van der Waals surface area contributed by atoms with Gasteiger partial charge >= 0.3 is 0 Å². The molecule has 0 bridgehead atoms. The van der Waals surface area contributed by atoms with Crippen LogP contribution in [0.5, 0.6) is 0 Å². The third kappa shape index (κ3) is 2.50. The van der Waals surface area contributed by atoms with E-state index in [-0.39, 0.29) is 0 Å². The molecule has 0 unspecified atom stereocenters. The molecule has 2 heterocycles. The van der Waals surface area contributed by atoms with Crippen LogP contribution in [0.2, 0.25) is 0 Å². The summed E-state index contributed by atoms with van der Waals surface area (Å²) in [7, 11) is 0. The molecule has 0 atom stereocenters. The number of nitrogens with zero attached hydrogens (tertiary/aromatic N) is 1. The lowest BCUT2D eigenvalue weighted by molar-refractivity contribution is 0.949. The van der Waals surface area contributed by atoms with Crippen molar-refractivity contribution in [3.05, 3.63) is 48.3 Å². The van der Waals surface area contributed by atoms with Crippen molar-refractivity contribution >= 4 is 11.4 Å². The zero-order valence-corrected chi connectivity index (χ0v) is 10.5. The summed E-state index contributed by atoms with van der Waals surface area (Å²) in [5.41, 5.74) is 3.80. The summed E-state index contributed by atoms with van der Waals surface area (Å²) >= 11 is 0. The van der Waals surface area contributed by atoms with Gasteiger partial charge in [0.15, 0.2) is 0 Å². The number of rotatable bonds is 4. The number of benzene rings is 1. The topological polar surface area (TPSA) is 31.1 Å². The Morgan fingerprint density at radius 3 is 2.50 bits per heavy atom. The average Bonchev–Trinajstić information content (AvgIpc) is 3.10. The van der Waals surface area contributed by atoms with Crippen molar-refractivity contribution in [1.82, 2.24) is 4.98 Å². The molecule has 3 nitrogen and oxygen atoms in total. The number of anilines is 2. The lowest BCUT2D eigenvalue weighted by Crippen LogP contribution is -2.17. The van der Waals surface area contributed by atoms with Crippen LogP contribution in [0.15, 0.2) is 42.7 Å². The van der Waals surface area contributed by atoms with Gasteiger partial charge in [-0.25, -0.2) is 0 Å². The molecule has 3 rings (SSSR count). The van der Waals surface area contributed by atoms with Gasteiger partial charge in [-0.15, -0.1) is 0 Å². The number of hydrogen-bond acceptors (Lipinski definition) is 2. The van der Waals surface area contributed by atoms with Crippen molar-refractivity contribution < 1.29 is 0 Å². The van der Waals surface area contributed by atoms with Gasteiger partial charge < -0.3 is 15.2 Å². The van der Waals surface area contributed by atoms with E-state index < -0.39 is 0 Å². The largest absolute Gasteiger partial charge is 0.381 e. The molecule has 18 heavy (non-hydrogen) atoms. The smallest absolute Gasteiger partial charge is 0.0415 e. The summed E-state index contributed by atoms with van der Waals surface area (Å²) in [6.07, 6.45) is 6.63. The van der Waals surface area contributed by atoms with Crippen molar-refractivity contribution in [2.75, 3.05) is 23.3 Å². The van der Waals surface area contributed by atoms with Gasteiger partial charge in [0.2, 0.25) is 0 Å². The van der Waals surface area contributed by atoms with Gasteiger partial charge in [0, 0.05) is 43.4 Å². The van der Waals surface area contributed by atoms with Crippen LogP contribution in [0.3, 0.4) is 0 Å². The first-order valence-electron chi connectivity index (χ1n) is 6.62. The molecule has 1 aliphatic rings. The summed E-state index contributed by atoms with van der Waals surface area (Å²) in [6, 6.07) is 10.8. The molecule has 0 aliphatic carbocycles. The molecule has 1 aromatic carbocycles. The highest BCUT2D eigenvalue weighted by Gasteiger charge is 2.11. The predicted octanol–water partition coefficient (Wildman–Crippen LogP) is 3.23. The van der Waals surface area contributed by atoms with E-state index in [1.165, 1.54) is 42.9 Å². The fourth-order valence-corrected chi connectivity index (χ4v) is 2.44. The Balaban J connectivity index is 1.60. The van der Waals surface area contributed by atoms with Crippen molar-refractivity contribution in [3.63, 3.8) is 0 Å². The third-order valence-corrected chi connectivity index (χ3v) is 3.50. The molecule has 94 valence electrons. The first-order valence-corrected chi connectivity index (χ1v) is 6.62. The Morgan fingerprint density at radius 1 is 1.06 bits per heavy atom. The van der Waals surface area contributed by atoms with Gasteiger partial charge in [-0.1, -0.05) is 0 Å². The number of aromatic nitrogens is 1. The molecule has 0 radical (unpaired) electrons. The molecular weight excluding hydrogens is 222 g/mol. The molecule has 1 fully saturated rings. The lowest BCUT2D eigenvalue weighted by Gasteiger charge is -2.17. The average molecular weight is 241 g/mol. The number of aromatic amines is 1. The van der Waals surface area contributed by atoms with Crippen molar-refractivity contribution in [1.29, 1.82) is 0 Å². The zero-order chi connectivity index (χ0) is 12.2. The fourth-order valence-electron chi connectivity index (χ4n) is 2.44. The molecular formula is C15H19N3. The van der Waals surface area contributed by atoms with Crippen LogP contribution in [0.25, 0.3) is 0 Å². The number of H-pyrrole nitrogens is 1. The Hall–Kier alpha value is -1.90. The van der Waals surface area contributed by atoms with E-state index in [0.29, 0.717) is 0 Å². The highest BCUT2D eigenvalue weighted by Crippen LogP contribution is 2.22. The van der Waals surface area contributed by atoms with Gasteiger partial charge in [-0.05, 0) is 48.7 Å². The Labute approximate surface area is 108 Å². The zero-order valence-electron chi connectivity index (χ0n) is 10.5. The molecule has 0 saturated carbocycles. The summed E-state index contributed by atoms with van der Waals surface area (Å²) in [5, 5.41) is 3.43. The number of nitrogens with one attached hydrogen (secondary N) is 2. The van der Waals surface area contributed by atoms with Crippen LogP contribution < -0.4 is 10.2 Å². The first kappa shape index (κ1) is 11.2. The molecule has 3 heteroatoms. The summed E-state index contributed by atoms with van der Waals surface area (Å²) in [4.78, 5) is 5.52. The highest BCUT2D eigenvalue weighted by atomic mass is 15.1. The minimum absolute atomic E-state index is 0.868. The van der Waals surface area contributed by atoms with Crippen LogP contribution >= 0.6 is 0 Å². The van der Waals surface area contributed by atoms with Gasteiger partial charge in [0.1, 0.15) is 0 Å². The number of hydrogen-bond donors (Lipinski definition) is 2. The Kier molecular flexibility index (Phi) is 3.22. The van der Waals surface area contributed by atoms with Crippen molar-refractivity contribution in [2.45, 2.75) is 19.4 Å². The minimum atomic E-state index is 0.868.